The average Bonchev–Trinajstić information content (AvgIpc) is 2.92. The zero-order valence-electron chi connectivity index (χ0n) is 10.7. The minimum absolute atomic E-state index is 0.195. The zero-order chi connectivity index (χ0) is 14.1. The lowest BCUT2D eigenvalue weighted by atomic mass is 10.1. The van der Waals surface area contributed by atoms with E-state index in [0.717, 1.165) is 0 Å². The van der Waals surface area contributed by atoms with Crippen LogP contribution in [0, 0.1) is 0 Å². The van der Waals surface area contributed by atoms with E-state index in [1.165, 1.54) is 22.4 Å². The minimum Gasteiger partial charge on any atom is -0.301 e. The molecule has 1 N–H and O–H groups in total. The summed E-state index contributed by atoms with van der Waals surface area (Å²) < 4.78 is 1.34. The Kier molecular flexibility index (Phi) is 3.15. The van der Waals surface area contributed by atoms with Crippen molar-refractivity contribution in [3.63, 3.8) is 0 Å². The van der Waals surface area contributed by atoms with Crippen molar-refractivity contribution in [2.75, 3.05) is 6.26 Å². The molecule has 2 heterocycles. The highest BCUT2D eigenvalue weighted by atomic mass is 32.2. The van der Waals surface area contributed by atoms with Crippen LogP contribution in [-0.4, -0.2) is 26.4 Å². The molecule has 0 aliphatic rings. The molecule has 5 nitrogen and oxygen atoms in total. The van der Waals surface area contributed by atoms with Gasteiger partial charge in [-0.1, -0.05) is 30.3 Å². The van der Waals surface area contributed by atoms with E-state index in [1.54, 1.807) is 30.3 Å². The summed E-state index contributed by atoms with van der Waals surface area (Å²) in [5, 5.41) is 0.715. The van der Waals surface area contributed by atoms with Crippen LogP contribution in [0.4, 0.5) is 0 Å². The summed E-state index contributed by atoms with van der Waals surface area (Å²) in [5.74, 6) is -0.195. The molecule has 0 saturated carbocycles. The Morgan fingerprint density at radius 2 is 2.05 bits per heavy atom. The van der Waals surface area contributed by atoms with Crippen LogP contribution in [0.1, 0.15) is 16.1 Å². The molecule has 0 aliphatic carbocycles. The number of H-pyrrole nitrogens is 1. The van der Waals surface area contributed by atoms with Crippen LogP contribution >= 0.6 is 11.8 Å². The third-order valence-corrected chi connectivity index (χ3v) is 3.59. The van der Waals surface area contributed by atoms with Crippen molar-refractivity contribution < 1.29 is 4.79 Å². The number of fused-ring (bicyclic) bond motifs is 1. The van der Waals surface area contributed by atoms with Gasteiger partial charge in [0.25, 0.3) is 0 Å². The number of benzene rings is 1. The molecule has 1 aromatic carbocycles. The predicted molar refractivity (Wildman–Crippen MR) is 77.5 cm³/mol. The lowest BCUT2D eigenvalue weighted by molar-refractivity contribution is 0.103. The maximum absolute atomic E-state index is 12.3. The van der Waals surface area contributed by atoms with Crippen LogP contribution in [0.3, 0.4) is 0 Å². The molecule has 6 heteroatoms. The van der Waals surface area contributed by atoms with Crippen LogP contribution in [0.2, 0.25) is 0 Å². The summed E-state index contributed by atoms with van der Waals surface area (Å²) >= 11 is 1.42. The van der Waals surface area contributed by atoms with Gasteiger partial charge in [0.1, 0.15) is 11.3 Å². The second kappa shape index (κ2) is 4.97. The molecule has 0 unspecified atom stereocenters. The molecule has 0 aliphatic heterocycles. The largest absolute Gasteiger partial charge is 0.332 e. The van der Waals surface area contributed by atoms with Crippen molar-refractivity contribution in [2.24, 2.45) is 0 Å². The fraction of sp³-hybridized carbons (Fsp3) is 0.0714. The molecule has 2 aromatic heterocycles. The number of aromatic nitrogens is 3. The van der Waals surface area contributed by atoms with Crippen LogP contribution in [0.25, 0.3) is 5.65 Å². The van der Waals surface area contributed by atoms with Crippen molar-refractivity contribution in [2.45, 2.75) is 5.03 Å². The van der Waals surface area contributed by atoms with Gasteiger partial charge in [-0.2, -0.15) is 0 Å². The highest BCUT2D eigenvalue weighted by Crippen LogP contribution is 2.13. The van der Waals surface area contributed by atoms with E-state index in [1.807, 2.05) is 12.3 Å². The van der Waals surface area contributed by atoms with Gasteiger partial charge in [0.2, 0.25) is 5.78 Å². The van der Waals surface area contributed by atoms with Crippen LogP contribution in [-0.2, 0) is 0 Å². The van der Waals surface area contributed by atoms with E-state index in [0.29, 0.717) is 16.2 Å². The molecule has 0 bridgehead atoms. The van der Waals surface area contributed by atoms with Gasteiger partial charge in [-0.25, -0.2) is 9.78 Å². The van der Waals surface area contributed by atoms with Gasteiger partial charge in [-0.3, -0.25) is 9.20 Å². The average molecular weight is 285 g/mol. The summed E-state index contributed by atoms with van der Waals surface area (Å²) in [7, 11) is 0. The lowest BCUT2D eigenvalue weighted by Crippen LogP contribution is -2.15. The first-order valence-corrected chi connectivity index (χ1v) is 7.17. The van der Waals surface area contributed by atoms with E-state index in [4.69, 9.17) is 0 Å². The van der Waals surface area contributed by atoms with Crippen LogP contribution in [0.5, 0.6) is 0 Å². The number of nitrogens with zero attached hydrogens (tertiary/aromatic N) is 2. The van der Waals surface area contributed by atoms with Gasteiger partial charge < -0.3 is 4.98 Å². The Hall–Kier alpha value is -2.34. The molecule has 0 radical (unpaired) electrons. The second-order valence-electron chi connectivity index (χ2n) is 4.19. The molecule has 3 rings (SSSR count). The predicted octanol–water partition coefficient (Wildman–Crippen LogP) is 1.98. The van der Waals surface area contributed by atoms with Gasteiger partial charge in [0.15, 0.2) is 0 Å². The molecule has 20 heavy (non-hydrogen) atoms. The van der Waals surface area contributed by atoms with E-state index >= 15 is 0 Å². The molecule has 0 fully saturated rings. The standard InChI is InChI=1S/C14H11N3O2S/c1-20-12-7-11-15-10(8-17(11)14(19)16-12)13(18)9-5-3-2-4-6-9/h2-8H,1H3,(H,16,19). The molecule has 0 saturated heterocycles. The molecule has 100 valence electrons. The van der Waals surface area contributed by atoms with Gasteiger partial charge in [-0.05, 0) is 6.26 Å². The fourth-order valence-electron chi connectivity index (χ4n) is 1.93. The number of imidazole rings is 1. The summed E-state index contributed by atoms with van der Waals surface area (Å²) in [4.78, 5) is 31.1. The van der Waals surface area contributed by atoms with E-state index < -0.39 is 0 Å². The maximum Gasteiger partial charge on any atom is 0.332 e. The third-order valence-electron chi connectivity index (χ3n) is 2.93. The normalized spacial score (nSPS) is 10.8. The Balaban J connectivity index is 2.12. The zero-order valence-corrected chi connectivity index (χ0v) is 11.5. The Bertz CT molecular complexity index is 836. The van der Waals surface area contributed by atoms with E-state index in [9.17, 15) is 9.59 Å². The van der Waals surface area contributed by atoms with E-state index in [-0.39, 0.29) is 17.2 Å². The first-order valence-electron chi connectivity index (χ1n) is 5.95. The van der Waals surface area contributed by atoms with Gasteiger partial charge in [-0.15, -0.1) is 11.8 Å². The maximum atomic E-state index is 12.3. The number of aromatic amines is 1. The Morgan fingerprint density at radius 1 is 1.30 bits per heavy atom. The summed E-state index contributed by atoms with van der Waals surface area (Å²) in [6, 6.07) is 10.6. The fourth-order valence-corrected chi connectivity index (χ4v) is 2.35. The molecule has 3 aromatic rings. The topological polar surface area (TPSA) is 67.2 Å². The smallest absolute Gasteiger partial charge is 0.301 e. The van der Waals surface area contributed by atoms with Crippen molar-refractivity contribution in [3.8, 4) is 0 Å². The monoisotopic (exact) mass is 285 g/mol. The number of ketones is 1. The second-order valence-corrected chi connectivity index (χ2v) is 5.04. The number of rotatable bonds is 3. The first kappa shape index (κ1) is 12.7. The quantitative estimate of drug-likeness (QED) is 0.454. The summed E-state index contributed by atoms with van der Waals surface area (Å²) in [6.45, 7) is 0. The van der Waals surface area contributed by atoms with E-state index in [2.05, 4.69) is 9.97 Å². The number of thioether (sulfide) groups is 1. The highest BCUT2D eigenvalue weighted by molar-refractivity contribution is 7.98. The minimum atomic E-state index is -0.300. The highest BCUT2D eigenvalue weighted by Gasteiger charge is 2.14. The van der Waals surface area contributed by atoms with Crippen molar-refractivity contribution in [1.29, 1.82) is 0 Å². The molecular weight excluding hydrogens is 274 g/mol. The van der Waals surface area contributed by atoms with Gasteiger partial charge in [0, 0.05) is 17.8 Å². The first-order chi connectivity index (χ1) is 9.69. The van der Waals surface area contributed by atoms with Crippen molar-refractivity contribution >= 4 is 23.2 Å². The molecule has 0 spiro atoms. The van der Waals surface area contributed by atoms with Crippen molar-refractivity contribution in [1.82, 2.24) is 14.4 Å². The third kappa shape index (κ3) is 2.14. The van der Waals surface area contributed by atoms with Crippen LogP contribution < -0.4 is 5.69 Å². The van der Waals surface area contributed by atoms with Crippen LogP contribution in [0.15, 0.2) is 52.4 Å². The number of hydrogen-bond donors (Lipinski definition) is 1. The number of carbonyl (C=O) groups excluding carboxylic acids is 1. The Labute approximate surface area is 118 Å². The number of hydrogen-bond acceptors (Lipinski definition) is 4. The SMILES string of the molecule is CSc1cc2nc(C(=O)c3ccccc3)cn2c(=O)[nH]1. The number of nitrogens with one attached hydrogen (secondary N) is 1. The summed E-state index contributed by atoms with van der Waals surface area (Å²) in [6.07, 6.45) is 3.33. The van der Waals surface area contributed by atoms with Crippen molar-refractivity contribution in [3.05, 3.63) is 64.3 Å². The van der Waals surface area contributed by atoms with Gasteiger partial charge >= 0.3 is 5.69 Å². The molecular formula is C14H11N3O2S. The number of carbonyl (C=O) groups is 1. The summed E-state index contributed by atoms with van der Waals surface area (Å²) in [5.41, 5.74) is 0.987. The molecule has 0 atom stereocenters. The van der Waals surface area contributed by atoms with Gasteiger partial charge in [0.05, 0.1) is 5.03 Å². The Morgan fingerprint density at radius 3 is 2.75 bits per heavy atom. The molecule has 0 amide bonds. The lowest BCUT2D eigenvalue weighted by Gasteiger charge is -1.95.